The number of likely N-dealkylation sites (tertiary alicyclic amines) is 1. The van der Waals surface area contributed by atoms with Gasteiger partial charge < -0.3 is 5.32 Å². The zero-order valence-electron chi connectivity index (χ0n) is 11.7. The van der Waals surface area contributed by atoms with Crippen LogP contribution in [0.1, 0.15) is 25.0 Å². The van der Waals surface area contributed by atoms with E-state index >= 15 is 0 Å². The van der Waals surface area contributed by atoms with E-state index in [1.807, 2.05) is 18.2 Å². The van der Waals surface area contributed by atoms with Crippen molar-refractivity contribution >= 4 is 0 Å². The fraction of sp³-hybridized carbons (Fsp3) is 0.562. The van der Waals surface area contributed by atoms with Crippen LogP contribution in [-0.2, 0) is 6.54 Å². The Morgan fingerprint density at radius 2 is 2.26 bits per heavy atom. The van der Waals surface area contributed by atoms with Crippen LogP contribution >= 0.6 is 0 Å². The molecule has 0 amide bonds. The largest absolute Gasteiger partial charge is 0.316 e. The van der Waals surface area contributed by atoms with Crippen molar-refractivity contribution in [1.82, 2.24) is 10.2 Å². The van der Waals surface area contributed by atoms with Crippen molar-refractivity contribution in [3.63, 3.8) is 0 Å². The van der Waals surface area contributed by atoms with Crippen molar-refractivity contribution in [2.24, 2.45) is 11.8 Å². The molecule has 0 bridgehead atoms. The first-order valence-electron chi connectivity index (χ1n) is 7.06. The molecule has 3 heteroatoms. The molecule has 2 aliphatic rings. The lowest BCUT2D eigenvalue weighted by Crippen LogP contribution is -2.43. The summed E-state index contributed by atoms with van der Waals surface area (Å²) < 4.78 is 0. The van der Waals surface area contributed by atoms with Crippen LogP contribution < -0.4 is 5.32 Å². The minimum absolute atomic E-state index is 0.247. The molecule has 0 radical (unpaired) electrons. The summed E-state index contributed by atoms with van der Waals surface area (Å²) >= 11 is 0. The minimum atomic E-state index is 0.247. The Morgan fingerprint density at radius 3 is 3.00 bits per heavy atom. The molecule has 0 spiro atoms. The molecular weight excluding hydrogens is 234 g/mol. The second-order valence-corrected chi connectivity index (χ2v) is 6.37. The molecular formula is C16H21N3. The first-order valence-corrected chi connectivity index (χ1v) is 7.06. The lowest BCUT2D eigenvalue weighted by molar-refractivity contribution is 0.132. The predicted octanol–water partition coefficient (Wildman–Crippen LogP) is 1.99. The Kier molecular flexibility index (Phi) is 3.08. The zero-order valence-corrected chi connectivity index (χ0v) is 11.7. The van der Waals surface area contributed by atoms with Gasteiger partial charge >= 0.3 is 0 Å². The lowest BCUT2D eigenvalue weighted by Gasteiger charge is -2.35. The van der Waals surface area contributed by atoms with Crippen LogP contribution in [0.3, 0.4) is 0 Å². The zero-order chi connectivity index (χ0) is 13.5. The topological polar surface area (TPSA) is 39.1 Å². The number of hydrogen-bond acceptors (Lipinski definition) is 3. The third kappa shape index (κ3) is 2.16. The average molecular weight is 255 g/mol. The highest BCUT2D eigenvalue weighted by atomic mass is 15.2. The van der Waals surface area contributed by atoms with Gasteiger partial charge in [-0.3, -0.25) is 4.90 Å². The molecule has 2 saturated heterocycles. The van der Waals surface area contributed by atoms with Crippen LogP contribution in [0.2, 0.25) is 0 Å². The standard InChI is InChI=1S/C16H21N3/c1-16(2)15-9-18-8-14(15)11-19(16)10-13-5-3-4-12(6-13)7-17/h3-6,14-15,18H,8-11H2,1-2H3. The Labute approximate surface area is 115 Å². The fourth-order valence-electron chi connectivity index (χ4n) is 3.73. The van der Waals surface area contributed by atoms with E-state index in [9.17, 15) is 0 Å². The van der Waals surface area contributed by atoms with Gasteiger partial charge in [-0.25, -0.2) is 0 Å². The number of hydrogen-bond donors (Lipinski definition) is 1. The van der Waals surface area contributed by atoms with Crippen LogP contribution in [0.15, 0.2) is 24.3 Å². The third-order valence-corrected chi connectivity index (χ3v) is 4.95. The van der Waals surface area contributed by atoms with Gasteiger partial charge in [0.1, 0.15) is 0 Å². The molecule has 2 atom stereocenters. The first kappa shape index (κ1) is 12.7. The quantitative estimate of drug-likeness (QED) is 0.878. The Morgan fingerprint density at radius 1 is 1.42 bits per heavy atom. The summed E-state index contributed by atoms with van der Waals surface area (Å²) in [5.74, 6) is 1.54. The van der Waals surface area contributed by atoms with Crippen LogP contribution in [-0.4, -0.2) is 30.1 Å². The van der Waals surface area contributed by atoms with E-state index in [0.717, 1.165) is 37.0 Å². The van der Waals surface area contributed by atoms with Crippen LogP contribution in [0, 0.1) is 23.2 Å². The maximum atomic E-state index is 8.99. The van der Waals surface area contributed by atoms with Crippen molar-refractivity contribution in [2.75, 3.05) is 19.6 Å². The predicted molar refractivity (Wildman–Crippen MR) is 75.5 cm³/mol. The number of benzene rings is 1. The molecule has 3 nitrogen and oxygen atoms in total. The van der Waals surface area contributed by atoms with Crippen molar-refractivity contribution < 1.29 is 0 Å². The third-order valence-electron chi connectivity index (χ3n) is 4.95. The van der Waals surface area contributed by atoms with Gasteiger partial charge in [0.05, 0.1) is 11.6 Å². The second kappa shape index (κ2) is 4.63. The summed E-state index contributed by atoms with van der Waals surface area (Å²) in [6.07, 6.45) is 0. The summed E-state index contributed by atoms with van der Waals surface area (Å²) in [5.41, 5.74) is 2.26. The molecule has 0 saturated carbocycles. The van der Waals surface area contributed by atoms with Gasteiger partial charge in [-0.2, -0.15) is 5.26 Å². The van der Waals surface area contributed by atoms with Gasteiger partial charge in [-0.1, -0.05) is 12.1 Å². The Bertz CT molecular complexity index is 515. The number of nitrogens with zero attached hydrogens (tertiary/aromatic N) is 2. The summed E-state index contributed by atoms with van der Waals surface area (Å²) in [4.78, 5) is 2.58. The van der Waals surface area contributed by atoms with Crippen molar-refractivity contribution in [3.05, 3.63) is 35.4 Å². The Hall–Kier alpha value is -1.37. The molecule has 19 heavy (non-hydrogen) atoms. The summed E-state index contributed by atoms with van der Waals surface area (Å²) in [6.45, 7) is 9.14. The smallest absolute Gasteiger partial charge is 0.0991 e. The normalized spacial score (nSPS) is 29.1. The van der Waals surface area contributed by atoms with E-state index in [1.54, 1.807) is 0 Å². The van der Waals surface area contributed by atoms with Crippen LogP contribution in [0.4, 0.5) is 0 Å². The van der Waals surface area contributed by atoms with Gasteiger partial charge in [0.25, 0.3) is 0 Å². The molecule has 1 aromatic rings. The second-order valence-electron chi connectivity index (χ2n) is 6.37. The molecule has 3 rings (SSSR count). The summed E-state index contributed by atoms with van der Waals surface area (Å²) in [7, 11) is 0. The van der Waals surface area contributed by atoms with Gasteiger partial charge in [-0.05, 0) is 49.9 Å². The number of fused-ring (bicyclic) bond motifs is 1. The fourth-order valence-corrected chi connectivity index (χ4v) is 3.73. The van der Waals surface area contributed by atoms with Gasteiger partial charge in [0.2, 0.25) is 0 Å². The van der Waals surface area contributed by atoms with E-state index in [-0.39, 0.29) is 5.54 Å². The van der Waals surface area contributed by atoms with E-state index < -0.39 is 0 Å². The molecule has 100 valence electrons. The molecule has 0 aliphatic carbocycles. The minimum Gasteiger partial charge on any atom is -0.316 e. The summed E-state index contributed by atoms with van der Waals surface area (Å²) in [6, 6.07) is 10.2. The number of nitrogens with one attached hydrogen (secondary N) is 1. The average Bonchev–Trinajstić information content (AvgIpc) is 2.94. The van der Waals surface area contributed by atoms with E-state index in [4.69, 9.17) is 5.26 Å². The molecule has 1 N–H and O–H groups in total. The Balaban J connectivity index is 1.78. The van der Waals surface area contributed by atoms with Gasteiger partial charge in [-0.15, -0.1) is 0 Å². The first-order chi connectivity index (χ1) is 9.11. The SMILES string of the molecule is CC1(C)C2CNCC2CN1Cc1cccc(C#N)c1. The van der Waals surface area contributed by atoms with Crippen LogP contribution in [0.5, 0.6) is 0 Å². The van der Waals surface area contributed by atoms with Crippen LogP contribution in [0.25, 0.3) is 0 Å². The maximum absolute atomic E-state index is 8.99. The summed E-state index contributed by atoms with van der Waals surface area (Å²) in [5, 5.41) is 12.5. The molecule has 1 aromatic carbocycles. The molecule has 2 unspecified atom stereocenters. The van der Waals surface area contributed by atoms with Crippen molar-refractivity contribution in [2.45, 2.75) is 25.9 Å². The van der Waals surface area contributed by atoms with E-state index in [2.05, 4.69) is 36.2 Å². The lowest BCUT2D eigenvalue weighted by atomic mass is 9.85. The highest BCUT2D eigenvalue weighted by Gasteiger charge is 2.49. The maximum Gasteiger partial charge on any atom is 0.0991 e. The van der Waals surface area contributed by atoms with Crippen molar-refractivity contribution in [1.29, 1.82) is 5.26 Å². The van der Waals surface area contributed by atoms with Gasteiger partial charge in [0, 0.05) is 25.2 Å². The highest BCUT2D eigenvalue weighted by molar-refractivity contribution is 5.33. The molecule has 2 heterocycles. The molecule has 0 aromatic heterocycles. The molecule has 2 fully saturated rings. The molecule has 2 aliphatic heterocycles. The van der Waals surface area contributed by atoms with E-state index in [1.165, 1.54) is 12.1 Å². The van der Waals surface area contributed by atoms with Crippen molar-refractivity contribution in [3.8, 4) is 6.07 Å². The van der Waals surface area contributed by atoms with Gasteiger partial charge in [0.15, 0.2) is 0 Å². The highest BCUT2D eigenvalue weighted by Crippen LogP contribution is 2.41. The number of nitriles is 1. The van der Waals surface area contributed by atoms with E-state index in [0.29, 0.717) is 0 Å². The number of rotatable bonds is 2. The monoisotopic (exact) mass is 255 g/mol.